The molecule has 0 radical (unpaired) electrons. The van der Waals surface area contributed by atoms with Crippen LogP contribution in [0.4, 0.5) is 5.69 Å². The molecule has 21 heavy (non-hydrogen) atoms. The Morgan fingerprint density at radius 3 is 2.62 bits per heavy atom. The zero-order chi connectivity index (χ0) is 15.6. The summed E-state index contributed by atoms with van der Waals surface area (Å²) >= 11 is 5.97. The number of nitrogens with zero attached hydrogens (tertiary/aromatic N) is 1. The molecule has 114 valence electrons. The molecule has 2 rings (SSSR count). The maximum absolute atomic E-state index is 12.3. The highest BCUT2D eigenvalue weighted by Gasteiger charge is 2.28. The lowest BCUT2D eigenvalue weighted by molar-refractivity contribution is -0.119. The number of hydrogen-bond acceptors (Lipinski definition) is 3. The molecule has 0 aromatic heterocycles. The van der Waals surface area contributed by atoms with Crippen LogP contribution in [-0.4, -0.2) is 36.9 Å². The highest BCUT2D eigenvalue weighted by atomic mass is 35.5. The molecule has 0 aliphatic heterocycles. The van der Waals surface area contributed by atoms with Gasteiger partial charge < -0.3 is 16.0 Å². The van der Waals surface area contributed by atoms with Crippen LogP contribution in [-0.2, 0) is 4.79 Å². The molecule has 0 spiro atoms. The number of halogens is 1. The van der Waals surface area contributed by atoms with E-state index in [1.165, 1.54) is 4.90 Å². The third-order valence-corrected chi connectivity index (χ3v) is 3.96. The molecule has 3 N–H and O–H groups in total. The molecule has 5 nitrogen and oxygen atoms in total. The normalized spacial score (nSPS) is 21.1. The van der Waals surface area contributed by atoms with E-state index in [0.717, 1.165) is 12.8 Å². The molecule has 6 heteroatoms. The van der Waals surface area contributed by atoms with E-state index < -0.39 is 0 Å². The fourth-order valence-electron chi connectivity index (χ4n) is 2.54. The Morgan fingerprint density at radius 1 is 1.33 bits per heavy atom. The monoisotopic (exact) mass is 309 g/mol. The molecule has 2 amide bonds. The molecule has 1 aliphatic carbocycles. The quantitative estimate of drug-likeness (QED) is 0.898. The number of amides is 2. The van der Waals surface area contributed by atoms with Crippen LogP contribution in [0.5, 0.6) is 0 Å². The molecular formula is C15H20ClN3O2. The summed E-state index contributed by atoms with van der Waals surface area (Å²) in [5, 5.41) is 3.30. The van der Waals surface area contributed by atoms with Crippen molar-refractivity contribution in [2.75, 3.05) is 19.4 Å². The molecule has 2 atom stereocenters. The van der Waals surface area contributed by atoms with Crippen molar-refractivity contribution in [1.29, 1.82) is 0 Å². The topological polar surface area (TPSA) is 75.4 Å². The molecular weight excluding hydrogens is 290 g/mol. The van der Waals surface area contributed by atoms with Crippen LogP contribution in [0.25, 0.3) is 0 Å². The van der Waals surface area contributed by atoms with Crippen LogP contribution in [0.15, 0.2) is 18.2 Å². The van der Waals surface area contributed by atoms with Crippen LogP contribution < -0.4 is 11.1 Å². The minimum atomic E-state index is -0.176. The average Bonchev–Trinajstić information content (AvgIpc) is 2.85. The van der Waals surface area contributed by atoms with Gasteiger partial charge in [-0.3, -0.25) is 9.59 Å². The third kappa shape index (κ3) is 3.74. The highest BCUT2D eigenvalue weighted by molar-refractivity contribution is 6.31. The minimum absolute atomic E-state index is 0.0861. The van der Waals surface area contributed by atoms with Gasteiger partial charge in [0.2, 0.25) is 5.91 Å². The maximum atomic E-state index is 12.3. The number of hydrogen-bond donors (Lipinski definition) is 2. The molecule has 0 bridgehead atoms. The van der Waals surface area contributed by atoms with Gasteiger partial charge in [0, 0.05) is 31.1 Å². The molecule has 2 unspecified atom stereocenters. The zero-order valence-corrected chi connectivity index (χ0v) is 13.0. The Bertz CT molecular complexity index is 560. The summed E-state index contributed by atoms with van der Waals surface area (Å²) < 4.78 is 0. The first kappa shape index (κ1) is 15.8. The van der Waals surface area contributed by atoms with Gasteiger partial charge in [-0.2, -0.15) is 0 Å². The average molecular weight is 310 g/mol. The van der Waals surface area contributed by atoms with E-state index in [9.17, 15) is 9.59 Å². The lowest BCUT2D eigenvalue weighted by Crippen LogP contribution is -2.26. The van der Waals surface area contributed by atoms with Crippen molar-refractivity contribution in [2.45, 2.75) is 25.3 Å². The zero-order valence-electron chi connectivity index (χ0n) is 12.2. The van der Waals surface area contributed by atoms with E-state index in [-0.39, 0.29) is 23.8 Å². The predicted molar refractivity (Wildman–Crippen MR) is 83.4 cm³/mol. The molecule has 1 aliphatic rings. The summed E-state index contributed by atoms with van der Waals surface area (Å²) in [4.78, 5) is 25.9. The van der Waals surface area contributed by atoms with E-state index in [1.807, 2.05) is 0 Å². The molecule has 0 saturated heterocycles. The van der Waals surface area contributed by atoms with Gasteiger partial charge in [0.1, 0.15) is 0 Å². The van der Waals surface area contributed by atoms with Gasteiger partial charge in [0.25, 0.3) is 5.91 Å². The number of nitrogens with one attached hydrogen (secondary N) is 1. The van der Waals surface area contributed by atoms with Gasteiger partial charge in [0.05, 0.1) is 11.3 Å². The van der Waals surface area contributed by atoms with Crippen LogP contribution in [0.2, 0.25) is 5.02 Å². The fourth-order valence-corrected chi connectivity index (χ4v) is 2.71. The Balaban J connectivity index is 2.20. The molecule has 1 fully saturated rings. The maximum Gasteiger partial charge on any atom is 0.255 e. The Morgan fingerprint density at radius 2 is 2.05 bits per heavy atom. The second-order valence-electron chi connectivity index (χ2n) is 5.65. The predicted octanol–water partition coefficient (Wildman–Crippen LogP) is 2.11. The first-order chi connectivity index (χ1) is 9.88. The first-order valence-electron chi connectivity index (χ1n) is 6.96. The SMILES string of the molecule is CN(C)C(=O)c1ccc(Cl)cc1NC(=O)C1CCC(N)C1. The Hall–Kier alpha value is -1.59. The standard InChI is InChI=1S/C15H20ClN3O2/c1-19(2)15(21)12-6-4-10(16)8-13(12)18-14(20)9-3-5-11(17)7-9/h4,6,8-9,11H,3,5,7,17H2,1-2H3,(H,18,20). The largest absolute Gasteiger partial charge is 0.345 e. The number of anilines is 1. The van der Waals surface area contributed by atoms with E-state index in [1.54, 1.807) is 32.3 Å². The van der Waals surface area contributed by atoms with Gasteiger partial charge >= 0.3 is 0 Å². The van der Waals surface area contributed by atoms with Crippen LogP contribution in [0.3, 0.4) is 0 Å². The lowest BCUT2D eigenvalue weighted by atomic mass is 10.1. The van der Waals surface area contributed by atoms with Crippen molar-refractivity contribution in [3.63, 3.8) is 0 Å². The van der Waals surface area contributed by atoms with Crippen molar-refractivity contribution in [1.82, 2.24) is 4.90 Å². The van der Waals surface area contributed by atoms with Gasteiger partial charge in [-0.05, 0) is 37.5 Å². The highest BCUT2D eigenvalue weighted by Crippen LogP contribution is 2.27. The third-order valence-electron chi connectivity index (χ3n) is 3.72. The summed E-state index contributed by atoms with van der Waals surface area (Å²) in [6.45, 7) is 0. The van der Waals surface area contributed by atoms with Gasteiger partial charge in [-0.15, -0.1) is 0 Å². The fraction of sp³-hybridized carbons (Fsp3) is 0.467. The Kier molecular flexibility index (Phi) is 4.85. The molecule has 1 aromatic carbocycles. The van der Waals surface area contributed by atoms with Crippen molar-refractivity contribution < 1.29 is 9.59 Å². The second-order valence-corrected chi connectivity index (χ2v) is 6.09. The van der Waals surface area contributed by atoms with Crippen LogP contribution >= 0.6 is 11.6 Å². The van der Waals surface area contributed by atoms with Crippen LogP contribution in [0, 0.1) is 5.92 Å². The number of rotatable bonds is 3. The molecule has 1 saturated carbocycles. The van der Waals surface area contributed by atoms with E-state index >= 15 is 0 Å². The van der Waals surface area contributed by atoms with Gasteiger partial charge in [0.15, 0.2) is 0 Å². The summed E-state index contributed by atoms with van der Waals surface area (Å²) in [5.74, 6) is -0.371. The second kappa shape index (κ2) is 6.45. The van der Waals surface area contributed by atoms with E-state index in [4.69, 9.17) is 17.3 Å². The van der Waals surface area contributed by atoms with Crippen molar-refractivity contribution in [3.05, 3.63) is 28.8 Å². The number of carbonyl (C=O) groups excluding carboxylic acids is 2. The minimum Gasteiger partial charge on any atom is -0.345 e. The first-order valence-corrected chi connectivity index (χ1v) is 7.34. The van der Waals surface area contributed by atoms with Crippen molar-refractivity contribution >= 4 is 29.1 Å². The van der Waals surface area contributed by atoms with E-state index in [2.05, 4.69) is 5.32 Å². The van der Waals surface area contributed by atoms with E-state index in [0.29, 0.717) is 22.7 Å². The summed E-state index contributed by atoms with van der Waals surface area (Å²) in [7, 11) is 3.33. The van der Waals surface area contributed by atoms with Crippen LogP contribution in [0.1, 0.15) is 29.6 Å². The molecule has 1 aromatic rings. The van der Waals surface area contributed by atoms with Crippen molar-refractivity contribution in [3.8, 4) is 0 Å². The number of nitrogens with two attached hydrogens (primary N) is 1. The Labute approximate surface area is 129 Å². The number of carbonyl (C=O) groups is 2. The lowest BCUT2D eigenvalue weighted by Gasteiger charge is -2.17. The van der Waals surface area contributed by atoms with Gasteiger partial charge in [-0.1, -0.05) is 11.6 Å². The summed E-state index contributed by atoms with van der Waals surface area (Å²) in [5.41, 5.74) is 6.72. The number of benzene rings is 1. The van der Waals surface area contributed by atoms with Crippen molar-refractivity contribution in [2.24, 2.45) is 11.7 Å². The smallest absolute Gasteiger partial charge is 0.255 e. The summed E-state index contributed by atoms with van der Waals surface area (Å²) in [6.07, 6.45) is 2.32. The molecule has 0 heterocycles. The summed E-state index contributed by atoms with van der Waals surface area (Å²) in [6, 6.07) is 4.95. The van der Waals surface area contributed by atoms with Gasteiger partial charge in [-0.25, -0.2) is 0 Å².